The van der Waals surface area contributed by atoms with Gasteiger partial charge < -0.3 is 15.8 Å². The molecule has 2 rings (SSSR count). The van der Waals surface area contributed by atoms with Gasteiger partial charge in [-0.3, -0.25) is 0 Å². The van der Waals surface area contributed by atoms with E-state index in [0.717, 1.165) is 26.0 Å². The maximum absolute atomic E-state index is 5.66. The molecule has 0 aromatic carbocycles. The van der Waals surface area contributed by atoms with Crippen LogP contribution in [-0.2, 0) is 4.74 Å². The number of hydrogen-bond donors (Lipinski definition) is 2. The Hall–Kier alpha value is -1.27. The predicted octanol–water partition coefficient (Wildman–Crippen LogP) is 1.48. The average Bonchev–Trinajstić information content (AvgIpc) is 2.40. The van der Waals surface area contributed by atoms with Crippen LogP contribution in [0, 0.1) is 0 Å². The molecule has 0 saturated carbocycles. The van der Waals surface area contributed by atoms with Crippen molar-refractivity contribution in [1.82, 2.24) is 9.97 Å². The van der Waals surface area contributed by atoms with Crippen molar-refractivity contribution in [2.24, 2.45) is 5.73 Å². The molecule has 1 aromatic heterocycles. The second kappa shape index (κ2) is 6.61. The van der Waals surface area contributed by atoms with Crippen molar-refractivity contribution in [3.8, 4) is 0 Å². The number of nitrogens with two attached hydrogens (primary N) is 1. The summed E-state index contributed by atoms with van der Waals surface area (Å²) in [7, 11) is 0. The van der Waals surface area contributed by atoms with E-state index in [1.807, 2.05) is 0 Å². The normalized spacial score (nSPS) is 19.4. The van der Waals surface area contributed by atoms with Gasteiger partial charge in [-0.25, -0.2) is 9.97 Å². The number of thiocarbonyl (C=S) groups is 1. The quantitative estimate of drug-likeness (QED) is 0.787. The van der Waals surface area contributed by atoms with Gasteiger partial charge in [0.05, 0.1) is 6.10 Å². The van der Waals surface area contributed by atoms with Crippen LogP contribution in [0.1, 0.15) is 31.4 Å². The Labute approximate surface area is 112 Å². The number of ether oxygens (including phenoxy) is 1. The van der Waals surface area contributed by atoms with E-state index in [2.05, 4.69) is 15.3 Å². The first-order valence-corrected chi connectivity index (χ1v) is 6.65. The Kier molecular flexibility index (Phi) is 4.83. The highest BCUT2D eigenvalue weighted by Crippen LogP contribution is 2.15. The number of nitrogens with zero attached hydrogens (tertiary/aromatic N) is 2. The number of rotatable bonds is 5. The molecule has 18 heavy (non-hydrogen) atoms. The topological polar surface area (TPSA) is 73.1 Å². The lowest BCUT2D eigenvalue weighted by atomic mass is 10.1. The van der Waals surface area contributed by atoms with Gasteiger partial charge in [0.2, 0.25) is 5.95 Å². The third kappa shape index (κ3) is 3.89. The highest BCUT2D eigenvalue weighted by Gasteiger charge is 2.13. The number of hydrogen-bond acceptors (Lipinski definition) is 5. The van der Waals surface area contributed by atoms with Crippen LogP contribution in [0.15, 0.2) is 12.3 Å². The van der Waals surface area contributed by atoms with Gasteiger partial charge in [0.25, 0.3) is 0 Å². The minimum absolute atomic E-state index is 0.288. The highest BCUT2D eigenvalue weighted by atomic mass is 32.1. The molecule has 1 aromatic rings. The van der Waals surface area contributed by atoms with E-state index < -0.39 is 0 Å². The maximum Gasteiger partial charge on any atom is 0.223 e. The van der Waals surface area contributed by atoms with Crippen molar-refractivity contribution < 1.29 is 4.74 Å². The molecule has 6 heteroatoms. The first kappa shape index (κ1) is 13.2. The molecule has 1 aliphatic heterocycles. The molecule has 0 aliphatic carbocycles. The van der Waals surface area contributed by atoms with Crippen LogP contribution in [0.4, 0.5) is 5.95 Å². The molecule has 2 heterocycles. The third-order valence-corrected chi connectivity index (χ3v) is 3.14. The summed E-state index contributed by atoms with van der Waals surface area (Å²) in [6.45, 7) is 1.68. The monoisotopic (exact) mass is 266 g/mol. The van der Waals surface area contributed by atoms with Crippen LogP contribution in [0.2, 0.25) is 0 Å². The van der Waals surface area contributed by atoms with Crippen molar-refractivity contribution in [1.29, 1.82) is 0 Å². The summed E-state index contributed by atoms with van der Waals surface area (Å²) in [4.78, 5) is 8.64. The predicted molar refractivity (Wildman–Crippen MR) is 74.6 cm³/mol. The van der Waals surface area contributed by atoms with Crippen LogP contribution in [0.25, 0.3) is 0 Å². The first-order chi connectivity index (χ1) is 8.75. The summed E-state index contributed by atoms with van der Waals surface area (Å²) >= 11 is 4.88. The molecule has 0 radical (unpaired) electrons. The van der Waals surface area contributed by atoms with Gasteiger partial charge in [0.15, 0.2) is 0 Å². The van der Waals surface area contributed by atoms with E-state index in [1.54, 1.807) is 12.3 Å². The molecule has 0 bridgehead atoms. The Morgan fingerprint density at radius 3 is 3.17 bits per heavy atom. The van der Waals surface area contributed by atoms with Crippen molar-refractivity contribution >= 4 is 23.2 Å². The zero-order chi connectivity index (χ0) is 12.8. The minimum Gasteiger partial charge on any atom is -0.388 e. The molecule has 1 atom stereocenters. The molecule has 1 aliphatic rings. The van der Waals surface area contributed by atoms with E-state index in [9.17, 15) is 0 Å². The summed E-state index contributed by atoms with van der Waals surface area (Å²) in [6, 6.07) is 1.71. The summed E-state index contributed by atoms with van der Waals surface area (Å²) in [5.41, 5.74) is 6.12. The van der Waals surface area contributed by atoms with Gasteiger partial charge >= 0.3 is 0 Å². The molecule has 98 valence electrons. The fourth-order valence-corrected chi connectivity index (χ4v) is 2.07. The van der Waals surface area contributed by atoms with Crippen molar-refractivity contribution in [2.75, 3.05) is 18.5 Å². The highest BCUT2D eigenvalue weighted by molar-refractivity contribution is 7.80. The van der Waals surface area contributed by atoms with E-state index in [4.69, 9.17) is 22.7 Å². The molecule has 1 unspecified atom stereocenters. The molecule has 1 saturated heterocycles. The lowest BCUT2D eigenvalue weighted by Crippen LogP contribution is -2.22. The Morgan fingerprint density at radius 1 is 1.56 bits per heavy atom. The van der Waals surface area contributed by atoms with E-state index >= 15 is 0 Å². The van der Waals surface area contributed by atoms with Crippen LogP contribution in [0.3, 0.4) is 0 Å². The van der Waals surface area contributed by atoms with Gasteiger partial charge in [0, 0.05) is 19.3 Å². The number of nitrogens with one attached hydrogen (secondary N) is 1. The van der Waals surface area contributed by atoms with Crippen molar-refractivity contribution in [2.45, 2.75) is 31.8 Å². The molecule has 0 amide bonds. The summed E-state index contributed by atoms with van der Waals surface area (Å²) in [5.74, 6) is 0.566. The minimum atomic E-state index is 0.288. The zero-order valence-electron chi connectivity index (χ0n) is 10.3. The summed E-state index contributed by atoms with van der Waals surface area (Å²) < 4.78 is 5.66. The van der Waals surface area contributed by atoms with Gasteiger partial charge in [-0.15, -0.1) is 0 Å². The molecular weight excluding hydrogens is 248 g/mol. The fourth-order valence-electron chi connectivity index (χ4n) is 1.96. The van der Waals surface area contributed by atoms with Crippen molar-refractivity contribution in [3.63, 3.8) is 0 Å². The molecule has 3 N–H and O–H groups in total. The SMILES string of the molecule is NC(=S)c1ccnc(NCCC2CCCCO2)n1. The average molecular weight is 266 g/mol. The van der Waals surface area contributed by atoms with Crippen LogP contribution >= 0.6 is 12.2 Å². The van der Waals surface area contributed by atoms with Crippen molar-refractivity contribution in [3.05, 3.63) is 18.0 Å². The lowest BCUT2D eigenvalue weighted by Gasteiger charge is -2.22. The van der Waals surface area contributed by atoms with E-state index in [-0.39, 0.29) is 4.99 Å². The Morgan fingerprint density at radius 2 is 2.44 bits per heavy atom. The van der Waals surface area contributed by atoms with Crippen LogP contribution < -0.4 is 11.1 Å². The standard InChI is InChI=1S/C12H18N4OS/c13-11(18)10-5-7-15-12(16-10)14-6-4-9-3-1-2-8-17-9/h5,7,9H,1-4,6,8H2,(H2,13,18)(H,14,15,16). The summed E-state index contributed by atoms with van der Waals surface area (Å²) in [5, 5.41) is 3.17. The first-order valence-electron chi connectivity index (χ1n) is 6.24. The van der Waals surface area contributed by atoms with E-state index in [1.165, 1.54) is 12.8 Å². The van der Waals surface area contributed by atoms with Gasteiger partial charge in [-0.05, 0) is 31.7 Å². The number of aromatic nitrogens is 2. The zero-order valence-corrected chi connectivity index (χ0v) is 11.1. The lowest BCUT2D eigenvalue weighted by molar-refractivity contribution is 0.0134. The van der Waals surface area contributed by atoms with Crippen LogP contribution in [-0.4, -0.2) is 34.2 Å². The summed E-state index contributed by atoms with van der Waals surface area (Å²) in [6.07, 6.45) is 6.59. The largest absolute Gasteiger partial charge is 0.388 e. The third-order valence-electron chi connectivity index (χ3n) is 2.93. The smallest absolute Gasteiger partial charge is 0.223 e. The molecular formula is C12H18N4OS. The Bertz CT molecular complexity index is 407. The van der Waals surface area contributed by atoms with Gasteiger partial charge in [-0.1, -0.05) is 12.2 Å². The second-order valence-electron chi connectivity index (χ2n) is 4.33. The fraction of sp³-hybridized carbons (Fsp3) is 0.583. The second-order valence-corrected chi connectivity index (χ2v) is 4.77. The number of anilines is 1. The van der Waals surface area contributed by atoms with E-state index in [0.29, 0.717) is 17.7 Å². The molecule has 1 fully saturated rings. The Balaban J connectivity index is 1.78. The van der Waals surface area contributed by atoms with Crippen LogP contribution in [0.5, 0.6) is 0 Å². The maximum atomic E-state index is 5.66. The van der Waals surface area contributed by atoms with Gasteiger partial charge in [-0.2, -0.15) is 0 Å². The van der Waals surface area contributed by atoms with Gasteiger partial charge in [0.1, 0.15) is 10.7 Å². The molecule has 0 spiro atoms. The molecule has 5 nitrogen and oxygen atoms in total.